The SMILES string of the molecule is CC=Cc1cc(OC)c2c(c1)C(C)C(OCc1ccc(OC)c(OC)c1)O2. The van der Waals surface area contributed by atoms with Gasteiger partial charge in [0.05, 0.1) is 27.9 Å². The van der Waals surface area contributed by atoms with Gasteiger partial charge in [-0.2, -0.15) is 0 Å². The molecule has 2 atom stereocenters. The van der Waals surface area contributed by atoms with Crippen LogP contribution in [-0.4, -0.2) is 27.6 Å². The summed E-state index contributed by atoms with van der Waals surface area (Å²) < 4.78 is 28.3. The molecule has 27 heavy (non-hydrogen) atoms. The van der Waals surface area contributed by atoms with Crippen LogP contribution >= 0.6 is 0 Å². The van der Waals surface area contributed by atoms with E-state index in [2.05, 4.69) is 13.0 Å². The number of fused-ring (bicyclic) bond motifs is 1. The predicted molar refractivity (Wildman–Crippen MR) is 105 cm³/mol. The van der Waals surface area contributed by atoms with E-state index in [0.29, 0.717) is 18.1 Å². The minimum atomic E-state index is -0.372. The van der Waals surface area contributed by atoms with Crippen molar-refractivity contribution in [2.75, 3.05) is 21.3 Å². The highest BCUT2D eigenvalue weighted by Gasteiger charge is 2.34. The zero-order valence-corrected chi connectivity index (χ0v) is 16.4. The molecule has 0 saturated carbocycles. The lowest BCUT2D eigenvalue weighted by Gasteiger charge is -2.17. The van der Waals surface area contributed by atoms with E-state index in [1.54, 1.807) is 21.3 Å². The summed E-state index contributed by atoms with van der Waals surface area (Å²) in [6.45, 7) is 4.51. The van der Waals surface area contributed by atoms with Crippen molar-refractivity contribution in [3.05, 3.63) is 53.1 Å². The number of hydrogen-bond donors (Lipinski definition) is 0. The quantitative estimate of drug-likeness (QED) is 0.702. The second-order valence-electron chi connectivity index (χ2n) is 6.42. The van der Waals surface area contributed by atoms with Crippen LogP contribution in [0.25, 0.3) is 6.08 Å². The van der Waals surface area contributed by atoms with Gasteiger partial charge in [-0.3, -0.25) is 0 Å². The predicted octanol–water partition coefficient (Wildman–Crippen LogP) is 4.78. The Morgan fingerprint density at radius 3 is 2.37 bits per heavy atom. The first-order valence-corrected chi connectivity index (χ1v) is 8.95. The van der Waals surface area contributed by atoms with Gasteiger partial charge in [0.25, 0.3) is 0 Å². The van der Waals surface area contributed by atoms with Crippen molar-refractivity contribution in [3.63, 3.8) is 0 Å². The Hall–Kier alpha value is -2.66. The summed E-state index contributed by atoms with van der Waals surface area (Å²) in [4.78, 5) is 0. The fourth-order valence-corrected chi connectivity index (χ4v) is 3.24. The molecular weight excluding hydrogens is 344 g/mol. The molecule has 144 valence electrons. The van der Waals surface area contributed by atoms with Gasteiger partial charge in [-0.25, -0.2) is 0 Å². The number of ether oxygens (including phenoxy) is 5. The molecule has 0 amide bonds. The van der Waals surface area contributed by atoms with Gasteiger partial charge in [-0.1, -0.05) is 25.1 Å². The summed E-state index contributed by atoms with van der Waals surface area (Å²) in [5.74, 6) is 2.96. The van der Waals surface area contributed by atoms with Gasteiger partial charge in [-0.05, 0) is 42.3 Å². The van der Waals surface area contributed by atoms with E-state index in [4.69, 9.17) is 23.7 Å². The number of rotatable bonds is 7. The van der Waals surface area contributed by atoms with Gasteiger partial charge >= 0.3 is 0 Å². The number of hydrogen-bond acceptors (Lipinski definition) is 5. The van der Waals surface area contributed by atoms with Gasteiger partial charge < -0.3 is 23.7 Å². The van der Waals surface area contributed by atoms with Crippen molar-refractivity contribution < 1.29 is 23.7 Å². The fourth-order valence-electron chi connectivity index (χ4n) is 3.24. The Labute approximate surface area is 160 Å². The molecule has 0 aliphatic carbocycles. The highest BCUT2D eigenvalue weighted by Crippen LogP contribution is 2.45. The first-order valence-electron chi connectivity index (χ1n) is 8.95. The van der Waals surface area contributed by atoms with Gasteiger partial charge in [0.2, 0.25) is 6.29 Å². The van der Waals surface area contributed by atoms with Crippen LogP contribution in [0, 0.1) is 0 Å². The van der Waals surface area contributed by atoms with Crippen molar-refractivity contribution in [1.82, 2.24) is 0 Å². The van der Waals surface area contributed by atoms with Crippen LogP contribution in [0.4, 0.5) is 0 Å². The zero-order chi connectivity index (χ0) is 19.4. The van der Waals surface area contributed by atoms with Crippen LogP contribution in [0.3, 0.4) is 0 Å². The standard InChI is InChI=1S/C22H26O5/c1-6-7-15-10-17-14(2)22(27-21(17)20(11-15)25-5)26-13-16-8-9-18(23-3)19(12-16)24-4/h6-12,14,22H,13H2,1-5H3. The Morgan fingerprint density at radius 1 is 0.963 bits per heavy atom. The van der Waals surface area contributed by atoms with Crippen LogP contribution < -0.4 is 18.9 Å². The molecule has 0 saturated heterocycles. The van der Waals surface area contributed by atoms with Crippen molar-refractivity contribution in [1.29, 1.82) is 0 Å². The van der Waals surface area contributed by atoms with Gasteiger partial charge in [0, 0.05) is 11.5 Å². The van der Waals surface area contributed by atoms with Crippen LogP contribution in [0.2, 0.25) is 0 Å². The van der Waals surface area contributed by atoms with E-state index in [1.165, 1.54) is 0 Å². The fraction of sp³-hybridized carbons (Fsp3) is 0.364. The second-order valence-corrected chi connectivity index (χ2v) is 6.42. The molecule has 3 rings (SSSR count). The largest absolute Gasteiger partial charge is 0.493 e. The molecule has 0 radical (unpaired) electrons. The third kappa shape index (κ3) is 3.88. The summed E-state index contributed by atoms with van der Waals surface area (Å²) >= 11 is 0. The summed E-state index contributed by atoms with van der Waals surface area (Å²) in [6.07, 6.45) is 3.68. The second kappa shape index (κ2) is 8.35. The molecule has 1 aliphatic heterocycles. The molecule has 1 aliphatic rings. The molecule has 2 aromatic rings. The average Bonchev–Trinajstić information content (AvgIpc) is 3.01. The van der Waals surface area contributed by atoms with Crippen molar-refractivity contribution in [2.24, 2.45) is 0 Å². The van der Waals surface area contributed by atoms with Crippen molar-refractivity contribution >= 4 is 6.08 Å². The van der Waals surface area contributed by atoms with E-state index >= 15 is 0 Å². The molecular formula is C22H26O5. The van der Waals surface area contributed by atoms with Gasteiger partial charge in [0.1, 0.15) is 0 Å². The minimum absolute atomic E-state index is 0.0965. The number of allylic oxidation sites excluding steroid dienone is 1. The summed E-state index contributed by atoms with van der Waals surface area (Å²) in [5.41, 5.74) is 3.17. The summed E-state index contributed by atoms with van der Waals surface area (Å²) in [7, 11) is 4.89. The topological polar surface area (TPSA) is 46.2 Å². The maximum absolute atomic E-state index is 6.07. The zero-order valence-electron chi connectivity index (χ0n) is 16.4. The molecule has 0 N–H and O–H groups in total. The normalized spacial score (nSPS) is 18.3. The highest BCUT2D eigenvalue weighted by atomic mass is 16.7. The molecule has 5 heteroatoms. The Morgan fingerprint density at radius 2 is 1.70 bits per heavy atom. The number of benzene rings is 2. The Kier molecular flexibility index (Phi) is 5.91. The minimum Gasteiger partial charge on any atom is -0.493 e. The summed E-state index contributed by atoms with van der Waals surface area (Å²) in [5, 5.41) is 0. The van der Waals surface area contributed by atoms with E-state index in [-0.39, 0.29) is 12.2 Å². The molecule has 1 heterocycles. The molecule has 5 nitrogen and oxygen atoms in total. The van der Waals surface area contributed by atoms with Crippen LogP contribution in [-0.2, 0) is 11.3 Å². The monoisotopic (exact) mass is 370 g/mol. The Balaban J connectivity index is 1.76. The third-order valence-electron chi connectivity index (χ3n) is 4.68. The molecule has 0 spiro atoms. The van der Waals surface area contributed by atoms with E-state index in [9.17, 15) is 0 Å². The lowest BCUT2D eigenvalue weighted by molar-refractivity contribution is -0.0882. The highest BCUT2D eigenvalue weighted by molar-refractivity contribution is 5.61. The molecule has 0 bridgehead atoms. The number of methoxy groups -OCH3 is 3. The van der Waals surface area contributed by atoms with E-state index < -0.39 is 0 Å². The first-order chi connectivity index (χ1) is 13.1. The van der Waals surface area contributed by atoms with Crippen LogP contribution in [0.15, 0.2) is 36.4 Å². The lowest BCUT2D eigenvalue weighted by Crippen LogP contribution is -2.20. The van der Waals surface area contributed by atoms with Gasteiger partial charge in [0.15, 0.2) is 23.0 Å². The summed E-state index contributed by atoms with van der Waals surface area (Å²) in [6, 6.07) is 9.84. The smallest absolute Gasteiger partial charge is 0.207 e. The first kappa shape index (κ1) is 19.1. The molecule has 0 aromatic heterocycles. The van der Waals surface area contributed by atoms with Gasteiger partial charge in [-0.15, -0.1) is 0 Å². The van der Waals surface area contributed by atoms with Crippen LogP contribution in [0.1, 0.15) is 36.5 Å². The lowest BCUT2D eigenvalue weighted by atomic mass is 9.99. The maximum Gasteiger partial charge on any atom is 0.207 e. The maximum atomic E-state index is 6.07. The van der Waals surface area contributed by atoms with E-state index in [0.717, 1.165) is 28.2 Å². The molecule has 2 unspecified atom stereocenters. The molecule has 0 fully saturated rings. The van der Waals surface area contributed by atoms with Crippen molar-refractivity contribution in [3.8, 4) is 23.0 Å². The van der Waals surface area contributed by atoms with E-state index in [1.807, 2.05) is 43.3 Å². The Bertz CT molecular complexity index is 828. The molecule has 2 aromatic carbocycles. The third-order valence-corrected chi connectivity index (χ3v) is 4.68. The van der Waals surface area contributed by atoms with Crippen LogP contribution in [0.5, 0.6) is 23.0 Å². The average molecular weight is 370 g/mol. The van der Waals surface area contributed by atoms with Crippen molar-refractivity contribution in [2.45, 2.75) is 32.7 Å².